The van der Waals surface area contributed by atoms with Crippen LogP contribution in [0.2, 0.25) is 5.15 Å². The van der Waals surface area contributed by atoms with E-state index in [9.17, 15) is 4.79 Å². The van der Waals surface area contributed by atoms with Crippen molar-refractivity contribution in [1.29, 1.82) is 0 Å². The van der Waals surface area contributed by atoms with E-state index in [4.69, 9.17) is 16.3 Å². The van der Waals surface area contributed by atoms with E-state index >= 15 is 0 Å². The quantitative estimate of drug-likeness (QED) is 0.775. The van der Waals surface area contributed by atoms with Crippen LogP contribution in [-0.2, 0) is 9.53 Å². The number of carbonyl (C=O) groups is 1. The minimum absolute atomic E-state index is 0.146. The maximum atomic E-state index is 11.4. The minimum Gasteiger partial charge on any atom is -0.381 e. The summed E-state index contributed by atoms with van der Waals surface area (Å²) in [4.78, 5) is 19.1. The van der Waals surface area contributed by atoms with Crippen molar-refractivity contribution in [2.75, 3.05) is 18.5 Å². The maximum absolute atomic E-state index is 11.4. The first-order chi connectivity index (χ1) is 7.72. The molecule has 0 atom stereocenters. The van der Waals surface area contributed by atoms with Gasteiger partial charge in [0.25, 0.3) is 0 Å². The number of rotatable bonds is 6. The number of hydrogen-bond acceptors (Lipinski definition) is 4. The Balaban J connectivity index is 2.26. The van der Waals surface area contributed by atoms with Gasteiger partial charge in [0.2, 0.25) is 5.91 Å². The molecule has 0 aliphatic rings. The highest BCUT2D eigenvalue weighted by atomic mass is 35.5. The van der Waals surface area contributed by atoms with Crippen molar-refractivity contribution < 1.29 is 9.53 Å². The Morgan fingerprint density at radius 1 is 1.44 bits per heavy atom. The molecular weight excluding hydrogens is 230 g/mol. The standard InChI is InChI=1S/C10H14ClN3O2/c1-2-4-16-5-3-10(15)14-9-7-12-8(11)6-13-9/h6-7H,2-5H2,1H3,(H,13,14,15). The molecule has 88 valence electrons. The molecule has 0 fully saturated rings. The average molecular weight is 244 g/mol. The Bertz CT molecular complexity index is 329. The van der Waals surface area contributed by atoms with Crippen molar-refractivity contribution in [3.8, 4) is 0 Å². The molecule has 0 spiro atoms. The number of aromatic nitrogens is 2. The molecule has 0 radical (unpaired) electrons. The molecule has 16 heavy (non-hydrogen) atoms. The van der Waals surface area contributed by atoms with Gasteiger partial charge in [-0.25, -0.2) is 9.97 Å². The zero-order valence-electron chi connectivity index (χ0n) is 9.07. The van der Waals surface area contributed by atoms with Crippen molar-refractivity contribution >= 4 is 23.3 Å². The van der Waals surface area contributed by atoms with E-state index in [0.717, 1.165) is 6.42 Å². The summed E-state index contributed by atoms with van der Waals surface area (Å²) in [5, 5.41) is 2.89. The summed E-state index contributed by atoms with van der Waals surface area (Å²) >= 11 is 5.56. The SMILES string of the molecule is CCCOCCC(=O)Nc1cnc(Cl)cn1. The van der Waals surface area contributed by atoms with Crippen LogP contribution in [0.1, 0.15) is 19.8 Å². The highest BCUT2D eigenvalue weighted by molar-refractivity contribution is 6.29. The summed E-state index contributed by atoms with van der Waals surface area (Å²) in [6.45, 7) is 3.11. The Kier molecular flexibility index (Phi) is 5.74. The van der Waals surface area contributed by atoms with E-state index in [1.807, 2.05) is 6.92 Å². The van der Waals surface area contributed by atoms with Gasteiger partial charge in [0.05, 0.1) is 25.4 Å². The molecule has 1 rings (SSSR count). The second-order valence-electron chi connectivity index (χ2n) is 3.13. The smallest absolute Gasteiger partial charge is 0.227 e. The van der Waals surface area contributed by atoms with Crippen LogP contribution in [0.15, 0.2) is 12.4 Å². The number of hydrogen-bond donors (Lipinski definition) is 1. The van der Waals surface area contributed by atoms with Crippen molar-refractivity contribution in [3.63, 3.8) is 0 Å². The predicted octanol–water partition coefficient (Wildman–Crippen LogP) is 1.89. The van der Waals surface area contributed by atoms with E-state index in [1.165, 1.54) is 12.4 Å². The topological polar surface area (TPSA) is 64.1 Å². The summed E-state index contributed by atoms with van der Waals surface area (Å²) in [7, 11) is 0. The zero-order valence-corrected chi connectivity index (χ0v) is 9.83. The molecular formula is C10H14ClN3O2. The number of amides is 1. The second kappa shape index (κ2) is 7.14. The number of halogens is 1. The molecule has 0 aliphatic carbocycles. The first-order valence-electron chi connectivity index (χ1n) is 5.07. The van der Waals surface area contributed by atoms with Gasteiger partial charge in [-0.3, -0.25) is 4.79 Å². The van der Waals surface area contributed by atoms with E-state index < -0.39 is 0 Å². The van der Waals surface area contributed by atoms with Crippen LogP contribution in [0.25, 0.3) is 0 Å². The number of nitrogens with one attached hydrogen (secondary N) is 1. The Morgan fingerprint density at radius 3 is 2.88 bits per heavy atom. The molecule has 0 saturated heterocycles. The normalized spacial score (nSPS) is 10.1. The molecule has 0 bridgehead atoms. The Labute approximate surface area is 99.2 Å². The average Bonchev–Trinajstić information content (AvgIpc) is 2.28. The van der Waals surface area contributed by atoms with Crippen molar-refractivity contribution in [2.24, 2.45) is 0 Å². The molecule has 0 saturated carbocycles. The van der Waals surface area contributed by atoms with Crippen LogP contribution < -0.4 is 5.32 Å². The van der Waals surface area contributed by atoms with Gasteiger partial charge in [-0.2, -0.15) is 0 Å². The van der Waals surface area contributed by atoms with E-state index in [-0.39, 0.29) is 5.91 Å². The fourth-order valence-corrected chi connectivity index (χ4v) is 1.09. The molecule has 0 aliphatic heterocycles. The third-order valence-electron chi connectivity index (χ3n) is 1.71. The van der Waals surface area contributed by atoms with Gasteiger partial charge in [0, 0.05) is 6.61 Å². The van der Waals surface area contributed by atoms with Gasteiger partial charge in [-0.15, -0.1) is 0 Å². The minimum atomic E-state index is -0.146. The zero-order chi connectivity index (χ0) is 11.8. The number of nitrogens with zero attached hydrogens (tertiary/aromatic N) is 2. The first-order valence-corrected chi connectivity index (χ1v) is 5.45. The van der Waals surface area contributed by atoms with Crippen LogP contribution >= 0.6 is 11.6 Å². The molecule has 1 aromatic rings. The Morgan fingerprint density at radius 2 is 2.25 bits per heavy atom. The Hall–Kier alpha value is -1.20. The van der Waals surface area contributed by atoms with Gasteiger partial charge in [-0.05, 0) is 6.42 Å². The van der Waals surface area contributed by atoms with Crippen LogP contribution in [0.5, 0.6) is 0 Å². The summed E-state index contributed by atoms with van der Waals surface area (Å²) in [5.41, 5.74) is 0. The summed E-state index contributed by atoms with van der Waals surface area (Å²) in [6.07, 6.45) is 4.05. The fraction of sp³-hybridized carbons (Fsp3) is 0.500. The molecule has 1 heterocycles. The van der Waals surface area contributed by atoms with Crippen LogP contribution in [-0.4, -0.2) is 29.1 Å². The molecule has 6 heteroatoms. The first kappa shape index (κ1) is 12.9. The lowest BCUT2D eigenvalue weighted by Crippen LogP contribution is -2.15. The lowest BCUT2D eigenvalue weighted by molar-refractivity contribution is -0.117. The molecule has 1 N–H and O–H groups in total. The third kappa shape index (κ3) is 5.04. The van der Waals surface area contributed by atoms with Gasteiger partial charge < -0.3 is 10.1 Å². The molecule has 1 aromatic heterocycles. The van der Waals surface area contributed by atoms with E-state index in [0.29, 0.717) is 30.6 Å². The summed E-state index contributed by atoms with van der Waals surface area (Å²) in [6, 6.07) is 0. The molecule has 0 unspecified atom stereocenters. The van der Waals surface area contributed by atoms with Crippen LogP contribution in [0.3, 0.4) is 0 Å². The molecule has 0 aromatic carbocycles. The van der Waals surface area contributed by atoms with Gasteiger partial charge in [0.15, 0.2) is 5.82 Å². The van der Waals surface area contributed by atoms with E-state index in [1.54, 1.807) is 0 Å². The van der Waals surface area contributed by atoms with E-state index in [2.05, 4.69) is 15.3 Å². The highest BCUT2D eigenvalue weighted by Crippen LogP contribution is 2.05. The summed E-state index contributed by atoms with van der Waals surface area (Å²) in [5.74, 6) is 0.248. The van der Waals surface area contributed by atoms with Crippen molar-refractivity contribution in [2.45, 2.75) is 19.8 Å². The number of carbonyl (C=O) groups excluding carboxylic acids is 1. The third-order valence-corrected chi connectivity index (χ3v) is 1.90. The predicted molar refractivity (Wildman–Crippen MR) is 61.4 cm³/mol. The lowest BCUT2D eigenvalue weighted by Gasteiger charge is -2.04. The summed E-state index contributed by atoms with van der Waals surface area (Å²) < 4.78 is 5.19. The second-order valence-corrected chi connectivity index (χ2v) is 3.52. The highest BCUT2D eigenvalue weighted by Gasteiger charge is 2.03. The van der Waals surface area contributed by atoms with Gasteiger partial charge >= 0.3 is 0 Å². The van der Waals surface area contributed by atoms with Gasteiger partial charge in [-0.1, -0.05) is 18.5 Å². The van der Waals surface area contributed by atoms with Gasteiger partial charge in [0.1, 0.15) is 5.15 Å². The fourth-order valence-electron chi connectivity index (χ4n) is 0.993. The molecule has 1 amide bonds. The van der Waals surface area contributed by atoms with Crippen molar-refractivity contribution in [3.05, 3.63) is 17.5 Å². The molecule has 5 nitrogen and oxygen atoms in total. The lowest BCUT2D eigenvalue weighted by atomic mass is 10.4. The number of ether oxygens (including phenoxy) is 1. The maximum Gasteiger partial charge on any atom is 0.227 e. The number of anilines is 1. The largest absolute Gasteiger partial charge is 0.381 e. The van der Waals surface area contributed by atoms with Crippen molar-refractivity contribution in [1.82, 2.24) is 9.97 Å². The van der Waals surface area contributed by atoms with Crippen LogP contribution in [0.4, 0.5) is 5.82 Å². The van der Waals surface area contributed by atoms with Crippen LogP contribution in [0, 0.1) is 0 Å². The monoisotopic (exact) mass is 243 g/mol.